The SMILES string of the molecule is COc1ccc(C2=NO[C@@]3(C2)C[C@@H](C(=O)O)N(C(=O)OC(C)(C)C)C3)cc1. The molecule has 2 atom stereocenters. The maximum Gasteiger partial charge on any atom is 0.411 e. The molecule has 0 bridgehead atoms. The molecule has 0 radical (unpaired) electrons. The Hall–Kier alpha value is -2.77. The van der Waals surface area contributed by atoms with Gasteiger partial charge in [-0.25, -0.2) is 9.59 Å². The quantitative estimate of drug-likeness (QED) is 0.871. The van der Waals surface area contributed by atoms with Crippen LogP contribution < -0.4 is 4.74 Å². The van der Waals surface area contributed by atoms with Gasteiger partial charge in [0.05, 0.1) is 19.4 Å². The molecule has 8 heteroatoms. The summed E-state index contributed by atoms with van der Waals surface area (Å²) in [6.45, 7) is 5.33. The lowest BCUT2D eigenvalue weighted by Crippen LogP contribution is -2.44. The van der Waals surface area contributed by atoms with E-state index in [1.54, 1.807) is 27.9 Å². The van der Waals surface area contributed by atoms with Crippen molar-refractivity contribution in [1.29, 1.82) is 0 Å². The first-order valence-electron chi connectivity index (χ1n) is 8.74. The summed E-state index contributed by atoms with van der Waals surface area (Å²) < 4.78 is 10.5. The molecule has 27 heavy (non-hydrogen) atoms. The van der Waals surface area contributed by atoms with Crippen LogP contribution in [0.25, 0.3) is 0 Å². The molecular weight excluding hydrogens is 352 g/mol. The Morgan fingerprint density at radius 3 is 2.52 bits per heavy atom. The van der Waals surface area contributed by atoms with Gasteiger partial charge >= 0.3 is 12.1 Å². The van der Waals surface area contributed by atoms with Crippen LogP contribution in [0.1, 0.15) is 39.2 Å². The first kappa shape index (κ1) is 19.0. The highest BCUT2D eigenvalue weighted by Gasteiger charge is 2.54. The number of amides is 1. The number of hydrogen-bond donors (Lipinski definition) is 1. The van der Waals surface area contributed by atoms with Crippen molar-refractivity contribution >= 4 is 17.8 Å². The van der Waals surface area contributed by atoms with Gasteiger partial charge in [-0.05, 0) is 50.6 Å². The third-order valence-corrected chi connectivity index (χ3v) is 4.58. The average molecular weight is 376 g/mol. The molecule has 146 valence electrons. The van der Waals surface area contributed by atoms with Crippen LogP contribution in [-0.2, 0) is 14.4 Å². The minimum atomic E-state index is -1.08. The van der Waals surface area contributed by atoms with Gasteiger partial charge in [0.15, 0.2) is 5.60 Å². The monoisotopic (exact) mass is 376 g/mol. The Morgan fingerprint density at radius 2 is 1.96 bits per heavy atom. The molecule has 8 nitrogen and oxygen atoms in total. The van der Waals surface area contributed by atoms with Crippen molar-refractivity contribution in [3.63, 3.8) is 0 Å². The highest BCUT2D eigenvalue weighted by Crippen LogP contribution is 2.39. The molecule has 1 spiro atoms. The number of hydrogen-bond acceptors (Lipinski definition) is 6. The van der Waals surface area contributed by atoms with Crippen molar-refractivity contribution in [1.82, 2.24) is 4.90 Å². The largest absolute Gasteiger partial charge is 0.497 e. The zero-order chi connectivity index (χ0) is 19.8. The highest BCUT2D eigenvalue weighted by atomic mass is 16.7. The Labute approximate surface area is 157 Å². The maximum atomic E-state index is 12.5. The van der Waals surface area contributed by atoms with Gasteiger partial charge in [-0.2, -0.15) is 0 Å². The number of likely N-dealkylation sites (tertiary alicyclic amines) is 1. The molecule has 1 saturated heterocycles. The number of carboxylic acids is 1. The molecule has 2 aliphatic heterocycles. The summed E-state index contributed by atoms with van der Waals surface area (Å²) in [5.74, 6) is -0.352. The molecule has 1 amide bonds. The van der Waals surface area contributed by atoms with E-state index in [4.69, 9.17) is 14.3 Å². The fraction of sp³-hybridized carbons (Fsp3) is 0.526. The van der Waals surface area contributed by atoms with Crippen molar-refractivity contribution in [2.45, 2.75) is 50.9 Å². The number of rotatable bonds is 3. The molecule has 1 fully saturated rings. The normalized spacial score (nSPS) is 24.5. The van der Waals surface area contributed by atoms with Crippen LogP contribution >= 0.6 is 0 Å². The van der Waals surface area contributed by atoms with E-state index in [1.807, 2.05) is 24.3 Å². The van der Waals surface area contributed by atoms with Crippen molar-refractivity contribution in [2.24, 2.45) is 5.16 Å². The fourth-order valence-corrected chi connectivity index (χ4v) is 3.33. The zero-order valence-corrected chi connectivity index (χ0v) is 15.9. The molecular formula is C19H24N2O6. The Kier molecular flexibility index (Phi) is 4.75. The van der Waals surface area contributed by atoms with Crippen molar-refractivity contribution in [3.05, 3.63) is 29.8 Å². The summed E-state index contributed by atoms with van der Waals surface area (Å²) in [6.07, 6.45) is -0.0825. The minimum Gasteiger partial charge on any atom is -0.497 e. The molecule has 2 aliphatic rings. The van der Waals surface area contributed by atoms with Crippen LogP contribution in [-0.4, -0.2) is 58.7 Å². The number of aliphatic carboxylic acids is 1. The van der Waals surface area contributed by atoms with E-state index in [1.165, 1.54) is 4.90 Å². The number of benzene rings is 1. The van der Waals surface area contributed by atoms with E-state index in [0.29, 0.717) is 12.1 Å². The number of carboxylic acid groups (broad SMARTS) is 1. The van der Waals surface area contributed by atoms with Crippen molar-refractivity contribution in [3.8, 4) is 5.75 Å². The van der Waals surface area contributed by atoms with Gasteiger partial charge in [-0.15, -0.1) is 0 Å². The lowest BCUT2D eigenvalue weighted by molar-refractivity contribution is -0.142. The van der Waals surface area contributed by atoms with Crippen LogP contribution in [0, 0.1) is 0 Å². The number of ether oxygens (including phenoxy) is 2. The van der Waals surface area contributed by atoms with Crippen LogP contribution in [0.3, 0.4) is 0 Å². The van der Waals surface area contributed by atoms with E-state index < -0.39 is 29.3 Å². The second-order valence-corrected chi connectivity index (χ2v) is 7.88. The standard InChI is InChI=1S/C19H24N2O6/c1-18(2,3)26-17(24)21-11-19(10-15(21)16(22)23)9-14(20-27-19)12-5-7-13(25-4)8-6-12/h5-8,15H,9-11H2,1-4H3,(H,22,23)/t15-,19-/m0/s1. The molecule has 0 saturated carbocycles. The van der Waals surface area contributed by atoms with E-state index >= 15 is 0 Å². The zero-order valence-electron chi connectivity index (χ0n) is 15.9. The Morgan fingerprint density at radius 1 is 1.30 bits per heavy atom. The third-order valence-electron chi connectivity index (χ3n) is 4.58. The minimum absolute atomic E-state index is 0.113. The second-order valence-electron chi connectivity index (χ2n) is 7.88. The molecule has 1 N–H and O–H groups in total. The Bertz CT molecular complexity index is 767. The molecule has 0 unspecified atom stereocenters. The van der Waals surface area contributed by atoms with Crippen LogP contribution in [0.4, 0.5) is 4.79 Å². The summed E-state index contributed by atoms with van der Waals surface area (Å²) >= 11 is 0. The van der Waals surface area contributed by atoms with Gasteiger partial charge in [0.1, 0.15) is 17.4 Å². The predicted molar refractivity (Wildman–Crippen MR) is 96.9 cm³/mol. The molecule has 3 rings (SSSR count). The molecule has 2 heterocycles. The maximum absolute atomic E-state index is 12.5. The first-order valence-corrected chi connectivity index (χ1v) is 8.74. The topological polar surface area (TPSA) is 97.7 Å². The smallest absolute Gasteiger partial charge is 0.411 e. The van der Waals surface area contributed by atoms with Gasteiger partial charge in [-0.1, -0.05) is 5.16 Å². The number of carbonyl (C=O) groups is 2. The lowest BCUT2D eigenvalue weighted by atomic mass is 9.92. The number of nitrogens with zero attached hydrogens (tertiary/aromatic N) is 2. The van der Waals surface area contributed by atoms with Crippen molar-refractivity contribution < 1.29 is 29.0 Å². The van der Waals surface area contributed by atoms with Gasteiger partial charge in [0.2, 0.25) is 0 Å². The second kappa shape index (κ2) is 6.75. The molecule has 1 aromatic rings. The number of oxime groups is 1. The number of methoxy groups -OCH3 is 1. The molecule has 0 aliphatic carbocycles. The average Bonchev–Trinajstić information content (AvgIpc) is 3.18. The summed E-state index contributed by atoms with van der Waals surface area (Å²) in [7, 11) is 1.59. The van der Waals surface area contributed by atoms with Gasteiger partial charge in [0.25, 0.3) is 0 Å². The summed E-state index contributed by atoms with van der Waals surface area (Å²) in [5.41, 5.74) is 0.0231. The highest BCUT2D eigenvalue weighted by molar-refractivity contribution is 6.02. The van der Waals surface area contributed by atoms with Gasteiger partial charge in [-0.3, -0.25) is 4.90 Å². The van der Waals surface area contributed by atoms with Crippen LogP contribution in [0.5, 0.6) is 5.75 Å². The fourth-order valence-electron chi connectivity index (χ4n) is 3.33. The third kappa shape index (κ3) is 3.99. The van der Waals surface area contributed by atoms with E-state index in [9.17, 15) is 14.7 Å². The molecule has 1 aromatic carbocycles. The number of carbonyl (C=O) groups excluding carboxylic acids is 1. The van der Waals surface area contributed by atoms with E-state index in [0.717, 1.165) is 11.3 Å². The van der Waals surface area contributed by atoms with Crippen LogP contribution in [0.2, 0.25) is 0 Å². The predicted octanol–water partition coefficient (Wildman–Crippen LogP) is 2.65. The van der Waals surface area contributed by atoms with Crippen molar-refractivity contribution in [2.75, 3.05) is 13.7 Å². The Balaban J connectivity index is 1.75. The van der Waals surface area contributed by atoms with E-state index in [-0.39, 0.29) is 13.0 Å². The summed E-state index contributed by atoms with van der Waals surface area (Å²) in [5, 5.41) is 13.7. The summed E-state index contributed by atoms with van der Waals surface area (Å²) in [4.78, 5) is 31.0. The summed E-state index contributed by atoms with van der Waals surface area (Å²) in [6, 6.07) is 6.38. The lowest BCUT2D eigenvalue weighted by Gasteiger charge is -2.27. The van der Waals surface area contributed by atoms with E-state index in [2.05, 4.69) is 5.16 Å². The van der Waals surface area contributed by atoms with Gasteiger partial charge in [0, 0.05) is 12.8 Å². The molecule has 0 aromatic heterocycles. The van der Waals surface area contributed by atoms with Gasteiger partial charge < -0.3 is 19.4 Å². The first-order chi connectivity index (χ1) is 12.6. The van der Waals surface area contributed by atoms with Crippen LogP contribution in [0.15, 0.2) is 29.4 Å².